The van der Waals surface area contributed by atoms with Gasteiger partial charge >= 0.3 is 0 Å². The summed E-state index contributed by atoms with van der Waals surface area (Å²) in [6.07, 6.45) is 4.46. The Labute approximate surface area is 242 Å². The van der Waals surface area contributed by atoms with Crippen LogP contribution in [0.2, 0.25) is 0 Å². The number of fused-ring (bicyclic) bond motifs is 1. The van der Waals surface area contributed by atoms with Gasteiger partial charge in [0.2, 0.25) is 5.78 Å². The molecule has 1 N–H and O–H groups in total. The van der Waals surface area contributed by atoms with Crippen LogP contribution in [-0.4, -0.2) is 33.4 Å². The fourth-order valence-corrected chi connectivity index (χ4v) is 7.18. The quantitative estimate of drug-likeness (QED) is 0.154. The van der Waals surface area contributed by atoms with E-state index in [1.165, 1.54) is 40.4 Å². The first-order valence-corrected chi connectivity index (χ1v) is 15.2. The van der Waals surface area contributed by atoms with Gasteiger partial charge in [0.15, 0.2) is 10.9 Å². The van der Waals surface area contributed by atoms with Gasteiger partial charge in [-0.2, -0.15) is 0 Å². The first kappa shape index (κ1) is 28.0. The number of ketones is 1. The summed E-state index contributed by atoms with van der Waals surface area (Å²) in [7, 11) is 0. The molecular weight excluding hydrogens is 542 g/mol. The molecule has 1 aliphatic heterocycles. The number of nitrogens with zero attached hydrogens (tertiary/aromatic N) is 3. The molecule has 208 valence electrons. The summed E-state index contributed by atoms with van der Waals surface area (Å²) in [6.45, 7) is 10.4. The molecule has 0 fully saturated rings. The molecule has 0 aliphatic carbocycles. The summed E-state index contributed by atoms with van der Waals surface area (Å²) >= 11 is 2.64. The second-order valence-corrected chi connectivity index (χ2v) is 12.4. The average molecular weight is 576 g/mol. The Morgan fingerprint density at radius 2 is 1.77 bits per heavy atom. The van der Waals surface area contributed by atoms with E-state index in [1.54, 1.807) is 6.92 Å². The van der Waals surface area contributed by atoms with E-state index >= 15 is 0 Å². The number of hydrogen-bond acceptors (Lipinski definition) is 8. The molecule has 9 heteroatoms. The lowest BCUT2D eigenvalue weighted by Gasteiger charge is -2.24. The molecule has 1 amide bonds. The predicted molar refractivity (Wildman–Crippen MR) is 161 cm³/mol. The van der Waals surface area contributed by atoms with Gasteiger partial charge in [0, 0.05) is 0 Å². The van der Waals surface area contributed by atoms with Gasteiger partial charge < -0.3 is 9.84 Å². The number of aliphatic hydroxyl groups excluding tert-OH is 1. The Hall–Kier alpha value is -3.56. The van der Waals surface area contributed by atoms with Crippen molar-refractivity contribution in [3.63, 3.8) is 0 Å². The summed E-state index contributed by atoms with van der Waals surface area (Å²) in [5.41, 5.74) is 4.21. The van der Waals surface area contributed by atoms with E-state index in [2.05, 4.69) is 18.0 Å². The number of aryl methyl sites for hydroxylation is 4. The van der Waals surface area contributed by atoms with Crippen LogP contribution in [0.5, 0.6) is 5.75 Å². The first-order valence-electron chi connectivity index (χ1n) is 13.6. The minimum atomic E-state index is -0.845. The molecule has 1 atom stereocenters. The van der Waals surface area contributed by atoms with Crippen molar-refractivity contribution in [3.05, 3.63) is 80.0 Å². The highest BCUT2D eigenvalue weighted by atomic mass is 32.1. The number of aliphatic hydroxyl groups is 1. The summed E-state index contributed by atoms with van der Waals surface area (Å²) in [4.78, 5) is 38.6. The molecule has 1 aliphatic rings. The summed E-state index contributed by atoms with van der Waals surface area (Å²) < 4.78 is 6.87. The van der Waals surface area contributed by atoms with Crippen LogP contribution >= 0.6 is 22.7 Å². The molecule has 0 spiro atoms. The van der Waals surface area contributed by atoms with Gasteiger partial charge in [-0.05, 0) is 69.0 Å². The second-order valence-electron chi connectivity index (χ2n) is 10.2. The molecule has 40 heavy (non-hydrogen) atoms. The van der Waals surface area contributed by atoms with Gasteiger partial charge in [0.25, 0.3) is 5.91 Å². The van der Waals surface area contributed by atoms with Crippen molar-refractivity contribution in [2.24, 2.45) is 0 Å². The van der Waals surface area contributed by atoms with Gasteiger partial charge in [-0.1, -0.05) is 55.7 Å². The maximum atomic E-state index is 13.9. The SMILES string of the molecule is CCCCCCOc1ccc(C2C(C(=O)c3sc(C)nc3C)=C(O)C(=O)N2c2nc3c(C)cc(C)cc3s2)cc1. The van der Waals surface area contributed by atoms with Gasteiger partial charge in [0.05, 0.1) is 44.0 Å². The number of aromatic nitrogens is 2. The Kier molecular flexibility index (Phi) is 8.05. The van der Waals surface area contributed by atoms with Gasteiger partial charge in [-0.3, -0.25) is 14.5 Å². The van der Waals surface area contributed by atoms with Gasteiger partial charge in [-0.15, -0.1) is 11.3 Å². The van der Waals surface area contributed by atoms with Crippen molar-refractivity contribution in [1.29, 1.82) is 0 Å². The minimum Gasteiger partial charge on any atom is -0.503 e. The normalized spacial score (nSPS) is 15.5. The summed E-state index contributed by atoms with van der Waals surface area (Å²) in [6, 6.07) is 10.6. The van der Waals surface area contributed by atoms with Gasteiger partial charge in [0.1, 0.15) is 5.75 Å². The molecule has 0 saturated heterocycles. The highest BCUT2D eigenvalue weighted by Gasteiger charge is 2.46. The molecular formula is C31H33N3O4S2. The maximum Gasteiger partial charge on any atom is 0.296 e. The van der Waals surface area contributed by atoms with Crippen LogP contribution in [0.25, 0.3) is 10.2 Å². The third-order valence-electron chi connectivity index (χ3n) is 7.05. The number of rotatable bonds is 10. The Bertz CT molecular complexity index is 1620. The average Bonchev–Trinajstić information content (AvgIpc) is 3.57. The van der Waals surface area contributed by atoms with Crippen LogP contribution < -0.4 is 9.64 Å². The van der Waals surface area contributed by atoms with Crippen LogP contribution in [0.3, 0.4) is 0 Å². The summed E-state index contributed by atoms with van der Waals surface area (Å²) in [5, 5.41) is 12.3. The number of amides is 1. The third kappa shape index (κ3) is 5.28. The number of unbranched alkanes of at least 4 members (excludes halogenated alkanes) is 3. The van der Waals surface area contributed by atoms with E-state index < -0.39 is 23.5 Å². The molecule has 3 heterocycles. The number of anilines is 1. The predicted octanol–water partition coefficient (Wildman–Crippen LogP) is 7.73. The molecule has 7 nitrogen and oxygen atoms in total. The van der Waals surface area contributed by atoms with Crippen LogP contribution in [0.1, 0.15) is 75.7 Å². The largest absolute Gasteiger partial charge is 0.503 e. The number of carbonyl (C=O) groups excluding carboxylic acids is 2. The monoisotopic (exact) mass is 575 g/mol. The number of Topliss-reactive ketones (excluding diaryl/α,β-unsaturated/α-hetero) is 1. The number of thiazole rings is 2. The minimum absolute atomic E-state index is 0.0390. The zero-order chi connectivity index (χ0) is 28.6. The van der Waals surface area contributed by atoms with Crippen molar-refractivity contribution in [1.82, 2.24) is 9.97 Å². The van der Waals surface area contributed by atoms with E-state index in [-0.39, 0.29) is 5.57 Å². The van der Waals surface area contributed by atoms with Crippen LogP contribution in [0.4, 0.5) is 5.13 Å². The van der Waals surface area contributed by atoms with Crippen LogP contribution in [0, 0.1) is 27.7 Å². The zero-order valence-corrected chi connectivity index (χ0v) is 25.0. The third-order valence-corrected chi connectivity index (χ3v) is 9.12. The number of carbonyl (C=O) groups is 2. The van der Waals surface area contributed by atoms with Crippen molar-refractivity contribution in [2.45, 2.75) is 66.3 Å². The van der Waals surface area contributed by atoms with E-state index in [4.69, 9.17) is 9.72 Å². The van der Waals surface area contributed by atoms with E-state index in [1.807, 2.05) is 51.1 Å². The second kappa shape index (κ2) is 11.5. The fraction of sp³-hybridized carbons (Fsp3) is 0.355. The van der Waals surface area contributed by atoms with Crippen LogP contribution in [-0.2, 0) is 4.79 Å². The van der Waals surface area contributed by atoms with Crippen molar-refractivity contribution < 1.29 is 19.4 Å². The fourth-order valence-electron chi connectivity index (χ4n) is 5.14. The molecule has 5 rings (SSSR count). The van der Waals surface area contributed by atoms with E-state index in [9.17, 15) is 14.7 Å². The molecule has 0 radical (unpaired) electrons. The number of ether oxygens (including phenoxy) is 1. The Morgan fingerprint density at radius 1 is 1.02 bits per heavy atom. The maximum absolute atomic E-state index is 13.9. The van der Waals surface area contributed by atoms with Crippen LogP contribution in [0.15, 0.2) is 47.7 Å². The molecule has 1 unspecified atom stereocenters. The van der Waals surface area contributed by atoms with Gasteiger partial charge in [-0.25, -0.2) is 9.97 Å². The molecule has 4 aromatic rings. The highest BCUT2D eigenvalue weighted by Crippen LogP contribution is 2.45. The van der Waals surface area contributed by atoms with E-state index in [0.717, 1.165) is 44.9 Å². The highest BCUT2D eigenvalue weighted by molar-refractivity contribution is 7.22. The standard InChI is InChI=1S/C31H33N3O4S2/c1-6-7-8-9-14-38-22-12-10-21(11-13-22)26-24(27(35)29-19(4)32-20(5)39-29)28(36)30(37)34(26)31-33-25-18(3)15-17(2)16-23(25)40-31/h10-13,15-16,26,36H,6-9,14H2,1-5H3. The van der Waals surface area contributed by atoms with Crippen molar-refractivity contribution in [2.75, 3.05) is 11.5 Å². The zero-order valence-electron chi connectivity index (χ0n) is 23.4. The smallest absolute Gasteiger partial charge is 0.296 e. The molecule has 2 aromatic heterocycles. The van der Waals surface area contributed by atoms with E-state index in [0.29, 0.717) is 27.9 Å². The lowest BCUT2D eigenvalue weighted by atomic mass is 9.95. The van der Waals surface area contributed by atoms with Crippen molar-refractivity contribution in [3.8, 4) is 5.75 Å². The first-order chi connectivity index (χ1) is 19.2. The number of benzene rings is 2. The molecule has 2 aromatic carbocycles. The Morgan fingerprint density at radius 3 is 2.45 bits per heavy atom. The lowest BCUT2D eigenvalue weighted by molar-refractivity contribution is -0.117. The number of hydrogen-bond donors (Lipinski definition) is 1. The van der Waals surface area contributed by atoms with Crippen molar-refractivity contribution >= 4 is 49.7 Å². The lowest BCUT2D eigenvalue weighted by Crippen LogP contribution is -2.31. The molecule has 0 bridgehead atoms. The Balaban J connectivity index is 1.55. The molecule has 0 saturated carbocycles. The summed E-state index contributed by atoms with van der Waals surface area (Å²) in [5.74, 6) is -0.871. The topological polar surface area (TPSA) is 92.6 Å².